The smallest absolute Gasteiger partial charge is 0.331 e. The van der Waals surface area contributed by atoms with Gasteiger partial charge >= 0.3 is 5.97 Å². The predicted octanol–water partition coefficient (Wildman–Crippen LogP) is 3.16. The molecule has 0 bridgehead atoms. The van der Waals surface area contributed by atoms with E-state index in [4.69, 9.17) is 0 Å². The molecule has 8 nitrogen and oxygen atoms in total. The minimum absolute atomic E-state index is 0.312. The first kappa shape index (κ1) is 18.5. The zero-order valence-corrected chi connectivity index (χ0v) is 16.3. The summed E-state index contributed by atoms with van der Waals surface area (Å²) in [7, 11) is 0. The molecule has 3 heterocycles. The van der Waals surface area contributed by atoms with Crippen LogP contribution in [0.4, 0.5) is 0 Å². The first-order valence-corrected chi connectivity index (χ1v) is 10.2. The van der Waals surface area contributed by atoms with E-state index in [1.54, 1.807) is 40.9 Å². The van der Waals surface area contributed by atoms with E-state index >= 15 is 0 Å². The summed E-state index contributed by atoms with van der Waals surface area (Å²) in [5.74, 6) is 0.451. The topological polar surface area (TPSA) is 102 Å². The van der Waals surface area contributed by atoms with Crippen LogP contribution in [-0.4, -0.2) is 35.2 Å². The first-order chi connectivity index (χ1) is 14.6. The highest BCUT2D eigenvalue weighted by Crippen LogP contribution is 2.31. The zero-order chi connectivity index (χ0) is 20.7. The van der Waals surface area contributed by atoms with Gasteiger partial charge in [-0.05, 0) is 24.5 Å². The number of benzene rings is 1. The lowest BCUT2D eigenvalue weighted by atomic mass is 9.89. The summed E-state index contributed by atoms with van der Waals surface area (Å²) in [6.07, 6.45) is 8.71. The van der Waals surface area contributed by atoms with Crippen molar-refractivity contribution in [3.63, 3.8) is 0 Å². The van der Waals surface area contributed by atoms with Gasteiger partial charge in [0.15, 0.2) is 11.9 Å². The Bertz CT molecular complexity index is 1290. The number of nitrogens with zero attached hydrogens (tertiary/aromatic N) is 5. The molecule has 0 spiro atoms. The standard InChI is InChI=1S/C22H21N5O3/c28-20-16-13-23-22-24-19(15-9-5-2-6-10-15)25-27(22)17(16)11-12-26(20)18(21(29)30)14-7-3-1-4-8-14/h1,3-4,7-8,11-13,15,18H,2,5-6,9-10H2,(H,29,30). The van der Waals surface area contributed by atoms with E-state index in [0.717, 1.165) is 18.7 Å². The molecular weight excluding hydrogens is 382 g/mol. The summed E-state index contributed by atoms with van der Waals surface area (Å²) < 4.78 is 2.83. The first-order valence-electron chi connectivity index (χ1n) is 10.2. The van der Waals surface area contributed by atoms with Crippen molar-refractivity contribution in [2.45, 2.75) is 44.1 Å². The highest BCUT2D eigenvalue weighted by atomic mass is 16.4. The SMILES string of the molecule is O=C(O)C(c1ccccc1)n1ccc2c(cnc3nc(C4CCCCC4)nn32)c1=O. The Labute approximate surface area is 171 Å². The van der Waals surface area contributed by atoms with Gasteiger partial charge in [0.1, 0.15) is 0 Å². The van der Waals surface area contributed by atoms with Crippen LogP contribution in [0.5, 0.6) is 0 Å². The van der Waals surface area contributed by atoms with Gasteiger partial charge in [0.25, 0.3) is 11.3 Å². The molecule has 1 saturated carbocycles. The summed E-state index contributed by atoms with van der Waals surface area (Å²) in [4.78, 5) is 34.1. The number of carboxylic acids is 1. The molecule has 1 aromatic carbocycles. The number of carbonyl (C=O) groups is 1. The van der Waals surface area contributed by atoms with Gasteiger partial charge in [0.2, 0.25) is 0 Å². The predicted molar refractivity (Wildman–Crippen MR) is 111 cm³/mol. The summed E-state index contributed by atoms with van der Waals surface area (Å²) >= 11 is 0. The van der Waals surface area contributed by atoms with E-state index < -0.39 is 17.6 Å². The molecule has 1 unspecified atom stereocenters. The monoisotopic (exact) mass is 403 g/mol. The second-order valence-electron chi connectivity index (χ2n) is 7.75. The molecule has 1 atom stereocenters. The summed E-state index contributed by atoms with van der Waals surface area (Å²) in [5, 5.41) is 14.8. The van der Waals surface area contributed by atoms with E-state index in [9.17, 15) is 14.7 Å². The van der Waals surface area contributed by atoms with Crippen LogP contribution in [0.1, 0.15) is 55.5 Å². The third-order valence-electron chi connectivity index (χ3n) is 5.88. The number of aliphatic carboxylic acids is 1. The van der Waals surface area contributed by atoms with Crippen LogP contribution in [-0.2, 0) is 4.79 Å². The van der Waals surface area contributed by atoms with Crippen molar-refractivity contribution >= 4 is 22.6 Å². The molecule has 0 radical (unpaired) electrons. The van der Waals surface area contributed by atoms with Gasteiger partial charge in [-0.25, -0.2) is 9.78 Å². The van der Waals surface area contributed by atoms with Crippen LogP contribution < -0.4 is 5.56 Å². The van der Waals surface area contributed by atoms with E-state index in [1.807, 2.05) is 0 Å². The number of hydrogen-bond acceptors (Lipinski definition) is 5. The van der Waals surface area contributed by atoms with Gasteiger partial charge in [-0.15, -0.1) is 5.10 Å². The average molecular weight is 403 g/mol. The third-order valence-corrected chi connectivity index (χ3v) is 5.88. The van der Waals surface area contributed by atoms with Gasteiger partial charge in [-0.2, -0.15) is 9.50 Å². The van der Waals surface area contributed by atoms with Crippen molar-refractivity contribution in [2.24, 2.45) is 0 Å². The summed E-state index contributed by atoms with van der Waals surface area (Å²) in [5.41, 5.74) is 0.682. The number of fused-ring (bicyclic) bond motifs is 3. The van der Waals surface area contributed by atoms with E-state index in [1.165, 1.54) is 36.2 Å². The Balaban J connectivity index is 1.64. The van der Waals surface area contributed by atoms with Gasteiger partial charge in [-0.1, -0.05) is 49.6 Å². The van der Waals surface area contributed by atoms with Crippen LogP contribution in [0.2, 0.25) is 0 Å². The molecule has 3 aromatic heterocycles. The van der Waals surface area contributed by atoms with Crippen molar-refractivity contribution in [2.75, 3.05) is 0 Å². The Kier molecular flexibility index (Phi) is 4.54. The summed E-state index contributed by atoms with van der Waals surface area (Å²) in [6, 6.07) is 9.31. The molecule has 4 aromatic rings. The molecule has 5 rings (SSSR count). The molecule has 30 heavy (non-hydrogen) atoms. The van der Waals surface area contributed by atoms with Crippen LogP contribution in [0.15, 0.2) is 53.6 Å². The molecule has 152 valence electrons. The number of pyridine rings is 1. The Morgan fingerprint density at radius 2 is 1.87 bits per heavy atom. The molecule has 8 heteroatoms. The highest BCUT2D eigenvalue weighted by molar-refractivity contribution is 5.80. The van der Waals surface area contributed by atoms with Crippen molar-refractivity contribution in [1.29, 1.82) is 0 Å². The van der Waals surface area contributed by atoms with Crippen molar-refractivity contribution in [3.8, 4) is 0 Å². The fraction of sp³-hybridized carbons (Fsp3) is 0.318. The van der Waals surface area contributed by atoms with Gasteiger partial charge in [0.05, 0.1) is 10.9 Å². The number of hydrogen-bond donors (Lipinski definition) is 1. The normalized spacial score (nSPS) is 16.1. The second kappa shape index (κ2) is 7.37. The molecule has 1 N–H and O–H groups in total. The maximum Gasteiger partial charge on any atom is 0.331 e. The largest absolute Gasteiger partial charge is 0.479 e. The molecular formula is C22H21N5O3. The zero-order valence-electron chi connectivity index (χ0n) is 16.3. The van der Waals surface area contributed by atoms with E-state index in [0.29, 0.717) is 28.2 Å². The lowest BCUT2D eigenvalue weighted by Crippen LogP contribution is -2.30. The Morgan fingerprint density at radius 1 is 1.10 bits per heavy atom. The van der Waals surface area contributed by atoms with Crippen LogP contribution >= 0.6 is 0 Å². The fourth-order valence-corrected chi connectivity index (χ4v) is 4.34. The average Bonchev–Trinajstić information content (AvgIpc) is 3.21. The Morgan fingerprint density at radius 3 is 2.60 bits per heavy atom. The minimum Gasteiger partial charge on any atom is -0.479 e. The molecule has 1 aliphatic carbocycles. The van der Waals surface area contributed by atoms with Gasteiger partial charge < -0.3 is 5.11 Å². The third kappa shape index (κ3) is 3.04. The van der Waals surface area contributed by atoms with Crippen LogP contribution in [0.25, 0.3) is 16.7 Å². The molecule has 0 saturated heterocycles. The highest BCUT2D eigenvalue weighted by Gasteiger charge is 2.25. The maximum absolute atomic E-state index is 13.2. The lowest BCUT2D eigenvalue weighted by Gasteiger charge is -2.18. The second-order valence-corrected chi connectivity index (χ2v) is 7.75. The molecule has 1 fully saturated rings. The van der Waals surface area contributed by atoms with Gasteiger partial charge in [-0.3, -0.25) is 9.36 Å². The lowest BCUT2D eigenvalue weighted by molar-refractivity contribution is -0.139. The number of carboxylic acid groups (broad SMARTS) is 1. The molecule has 1 aliphatic rings. The van der Waals surface area contributed by atoms with E-state index in [-0.39, 0.29) is 0 Å². The van der Waals surface area contributed by atoms with Crippen molar-refractivity contribution in [3.05, 3.63) is 70.5 Å². The minimum atomic E-state index is -1.12. The van der Waals surface area contributed by atoms with Crippen molar-refractivity contribution < 1.29 is 9.90 Å². The van der Waals surface area contributed by atoms with Crippen LogP contribution in [0.3, 0.4) is 0 Å². The quantitative estimate of drug-likeness (QED) is 0.561. The van der Waals surface area contributed by atoms with Gasteiger partial charge in [0, 0.05) is 18.3 Å². The summed E-state index contributed by atoms with van der Waals surface area (Å²) in [6.45, 7) is 0. The van der Waals surface area contributed by atoms with Crippen LogP contribution in [0, 0.1) is 0 Å². The Hall–Kier alpha value is -3.55. The molecule has 0 aliphatic heterocycles. The number of rotatable bonds is 4. The van der Waals surface area contributed by atoms with E-state index in [2.05, 4.69) is 15.1 Å². The van der Waals surface area contributed by atoms with Crippen molar-refractivity contribution in [1.82, 2.24) is 24.1 Å². The number of aromatic nitrogens is 5. The molecule has 0 amide bonds. The maximum atomic E-state index is 13.2. The fourth-order valence-electron chi connectivity index (χ4n) is 4.34.